The van der Waals surface area contributed by atoms with Gasteiger partial charge in [0, 0.05) is 19.6 Å². The average Bonchev–Trinajstić information content (AvgIpc) is 2.56. The molecule has 0 aliphatic carbocycles. The van der Waals surface area contributed by atoms with Gasteiger partial charge in [0.1, 0.15) is 0 Å². The zero-order chi connectivity index (χ0) is 14.5. The molecule has 0 radical (unpaired) electrons. The van der Waals surface area contributed by atoms with Gasteiger partial charge in [-0.1, -0.05) is 6.42 Å². The van der Waals surface area contributed by atoms with E-state index in [1.807, 2.05) is 0 Å². The van der Waals surface area contributed by atoms with Gasteiger partial charge in [-0.3, -0.25) is 0 Å². The molecule has 0 aromatic carbocycles. The first-order valence-corrected chi connectivity index (χ1v) is 8.18. The highest BCUT2D eigenvalue weighted by atomic mass is 16.5. The van der Waals surface area contributed by atoms with Crippen molar-refractivity contribution in [1.29, 1.82) is 0 Å². The zero-order valence-electron chi connectivity index (χ0n) is 13.0. The summed E-state index contributed by atoms with van der Waals surface area (Å²) in [4.78, 5) is 13.8. The number of anilines is 1. The van der Waals surface area contributed by atoms with Crippen molar-refractivity contribution < 1.29 is 4.74 Å². The van der Waals surface area contributed by atoms with Gasteiger partial charge in [-0.2, -0.15) is 0 Å². The lowest BCUT2D eigenvalue weighted by Gasteiger charge is -2.36. The normalized spacial score (nSPS) is 24.0. The predicted molar refractivity (Wildman–Crippen MR) is 83.8 cm³/mol. The van der Waals surface area contributed by atoms with Crippen LogP contribution in [-0.2, 0) is 0 Å². The Morgan fingerprint density at radius 3 is 2.57 bits per heavy atom. The third-order valence-corrected chi connectivity index (χ3v) is 4.62. The summed E-state index contributed by atoms with van der Waals surface area (Å²) < 4.78 is 5.13. The Hall–Kier alpha value is -1.36. The van der Waals surface area contributed by atoms with Crippen molar-refractivity contribution >= 4 is 5.95 Å². The maximum absolute atomic E-state index is 5.13. The Balaban J connectivity index is 1.56. The molecule has 2 aliphatic heterocycles. The minimum atomic E-state index is 0.723. The van der Waals surface area contributed by atoms with E-state index < -0.39 is 0 Å². The summed E-state index contributed by atoms with van der Waals surface area (Å²) in [5, 5.41) is 0. The van der Waals surface area contributed by atoms with Crippen LogP contribution in [0.4, 0.5) is 5.95 Å². The molecule has 0 spiro atoms. The second-order valence-electron chi connectivity index (χ2n) is 6.24. The fourth-order valence-electron chi connectivity index (χ4n) is 3.48. The number of piperidine rings is 2. The topological polar surface area (TPSA) is 41.5 Å². The number of hydrogen-bond donors (Lipinski definition) is 0. The molecule has 1 aromatic heterocycles. The number of methoxy groups -OCH3 is 1. The highest BCUT2D eigenvalue weighted by Gasteiger charge is 2.24. The molecule has 1 unspecified atom stereocenters. The molecule has 21 heavy (non-hydrogen) atoms. The number of rotatable bonds is 4. The summed E-state index contributed by atoms with van der Waals surface area (Å²) in [6, 6.07) is 0. The molecule has 1 atom stereocenters. The summed E-state index contributed by atoms with van der Waals surface area (Å²) in [5.74, 6) is 2.32. The van der Waals surface area contributed by atoms with E-state index in [0.29, 0.717) is 0 Å². The molecule has 3 rings (SSSR count). The van der Waals surface area contributed by atoms with Crippen LogP contribution in [0.15, 0.2) is 12.4 Å². The van der Waals surface area contributed by atoms with E-state index >= 15 is 0 Å². The second kappa shape index (κ2) is 7.07. The number of hydrogen-bond acceptors (Lipinski definition) is 5. The Bertz CT molecular complexity index is 430. The molecule has 5 heteroatoms. The zero-order valence-corrected chi connectivity index (χ0v) is 13.0. The van der Waals surface area contributed by atoms with Crippen LogP contribution < -0.4 is 9.64 Å². The molecule has 2 aliphatic rings. The van der Waals surface area contributed by atoms with E-state index in [1.165, 1.54) is 51.7 Å². The quantitative estimate of drug-likeness (QED) is 0.850. The molecule has 5 nitrogen and oxygen atoms in total. The maximum atomic E-state index is 5.13. The number of ether oxygens (including phenoxy) is 1. The molecule has 0 amide bonds. The van der Waals surface area contributed by atoms with Crippen molar-refractivity contribution in [2.45, 2.75) is 32.1 Å². The van der Waals surface area contributed by atoms with E-state index in [4.69, 9.17) is 4.74 Å². The van der Waals surface area contributed by atoms with Crippen molar-refractivity contribution in [3.8, 4) is 5.75 Å². The van der Waals surface area contributed by atoms with E-state index in [0.717, 1.165) is 30.7 Å². The Labute approximate surface area is 127 Å². The van der Waals surface area contributed by atoms with E-state index in [2.05, 4.69) is 19.8 Å². The SMILES string of the molecule is COc1cnc(N2CCCC(CN3CCCCC3)C2)nc1. The molecule has 1 aromatic rings. The smallest absolute Gasteiger partial charge is 0.225 e. The lowest BCUT2D eigenvalue weighted by molar-refractivity contribution is 0.185. The molecule has 2 saturated heterocycles. The van der Waals surface area contributed by atoms with Crippen molar-refractivity contribution in [3.63, 3.8) is 0 Å². The second-order valence-corrected chi connectivity index (χ2v) is 6.24. The third-order valence-electron chi connectivity index (χ3n) is 4.62. The fraction of sp³-hybridized carbons (Fsp3) is 0.750. The highest BCUT2D eigenvalue weighted by Crippen LogP contribution is 2.23. The van der Waals surface area contributed by atoms with Crippen LogP contribution in [0.25, 0.3) is 0 Å². The van der Waals surface area contributed by atoms with Gasteiger partial charge in [0.25, 0.3) is 0 Å². The Morgan fingerprint density at radius 1 is 1.10 bits per heavy atom. The standard InChI is InChI=1S/C16H26N4O/c1-21-15-10-17-16(18-11-15)20-9-5-6-14(13-20)12-19-7-3-2-4-8-19/h10-11,14H,2-9,12-13H2,1H3. The first kappa shape index (κ1) is 14.6. The van der Waals surface area contributed by atoms with Crippen molar-refractivity contribution in [1.82, 2.24) is 14.9 Å². The molecule has 0 N–H and O–H groups in total. The van der Waals surface area contributed by atoms with Crippen LogP contribution in [0.1, 0.15) is 32.1 Å². The molecule has 3 heterocycles. The predicted octanol–water partition coefficient (Wildman–Crippen LogP) is 2.19. The lowest BCUT2D eigenvalue weighted by Crippen LogP contribution is -2.43. The molecule has 0 bridgehead atoms. The highest BCUT2D eigenvalue weighted by molar-refractivity contribution is 5.32. The monoisotopic (exact) mass is 290 g/mol. The van der Waals surface area contributed by atoms with Crippen LogP contribution in [0.3, 0.4) is 0 Å². The third kappa shape index (κ3) is 3.84. The van der Waals surface area contributed by atoms with Gasteiger partial charge >= 0.3 is 0 Å². The molecular weight excluding hydrogens is 264 g/mol. The summed E-state index contributed by atoms with van der Waals surface area (Å²) >= 11 is 0. The summed E-state index contributed by atoms with van der Waals surface area (Å²) in [7, 11) is 1.65. The van der Waals surface area contributed by atoms with Gasteiger partial charge in [-0.05, 0) is 44.7 Å². The first-order chi connectivity index (χ1) is 10.3. The van der Waals surface area contributed by atoms with Crippen LogP contribution in [-0.4, -0.2) is 54.7 Å². The van der Waals surface area contributed by atoms with Gasteiger partial charge in [0.2, 0.25) is 5.95 Å². The van der Waals surface area contributed by atoms with Gasteiger partial charge in [-0.25, -0.2) is 9.97 Å². The maximum Gasteiger partial charge on any atom is 0.225 e. The van der Waals surface area contributed by atoms with Crippen LogP contribution in [0, 0.1) is 5.92 Å². The number of likely N-dealkylation sites (tertiary alicyclic amines) is 1. The van der Waals surface area contributed by atoms with Crippen molar-refractivity contribution in [2.24, 2.45) is 5.92 Å². The van der Waals surface area contributed by atoms with E-state index in [-0.39, 0.29) is 0 Å². The fourth-order valence-corrected chi connectivity index (χ4v) is 3.48. The average molecular weight is 290 g/mol. The first-order valence-electron chi connectivity index (χ1n) is 8.18. The molecule has 0 saturated carbocycles. The molecule has 2 fully saturated rings. The van der Waals surface area contributed by atoms with Crippen LogP contribution in [0.5, 0.6) is 5.75 Å². The van der Waals surface area contributed by atoms with Crippen molar-refractivity contribution in [3.05, 3.63) is 12.4 Å². The Kier molecular flexibility index (Phi) is 4.91. The lowest BCUT2D eigenvalue weighted by atomic mass is 9.96. The molecule has 116 valence electrons. The summed E-state index contributed by atoms with van der Waals surface area (Å²) in [5.41, 5.74) is 0. The van der Waals surface area contributed by atoms with Crippen molar-refractivity contribution in [2.75, 3.05) is 44.7 Å². The van der Waals surface area contributed by atoms with Gasteiger partial charge in [-0.15, -0.1) is 0 Å². The minimum absolute atomic E-state index is 0.723. The Morgan fingerprint density at radius 2 is 1.86 bits per heavy atom. The van der Waals surface area contributed by atoms with Gasteiger partial charge in [0.05, 0.1) is 19.5 Å². The molecular formula is C16H26N4O. The van der Waals surface area contributed by atoms with E-state index in [1.54, 1.807) is 19.5 Å². The number of nitrogens with zero attached hydrogens (tertiary/aromatic N) is 4. The largest absolute Gasteiger partial charge is 0.494 e. The summed E-state index contributed by atoms with van der Waals surface area (Å²) in [6.45, 7) is 5.98. The van der Waals surface area contributed by atoms with Gasteiger partial charge < -0.3 is 14.5 Å². The number of aromatic nitrogens is 2. The van der Waals surface area contributed by atoms with Gasteiger partial charge in [0.15, 0.2) is 5.75 Å². The minimum Gasteiger partial charge on any atom is -0.494 e. The summed E-state index contributed by atoms with van der Waals surface area (Å²) in [6.07, 6.45) is 10.3. The van der Waals surface area contributed by atoms with E-state index in [9.17, 15) is 0 Å². The van der Waals surface area contributed by atoms with Crippen LogP contribution in [0.2, 0.25) is 0 Å². The van der Waals surface area contributed by atoms with Crippen LogP contribution >= 0.6 is 0 Å².